The van der Waals surface area contributed by atoms with Gasteiger partial charge in [-0.25, -0.2) is 0 Å². The molecule has 2 heterocycles. The summed E-state index contributed by atoms with van der Waals surface area (Å²) in [6.07, 6.45) is 0. The SMILES string of the molecule is Cc1ccc([C@H](c2cccs2)N2CCNCC2)c(Br)c1. The molecule has 1 N–H and O–H groups in total. The first kappa shape index (κ1) is 14.3. The number of rotatable bonds is 3. The maximum absolute atomic E-state index is 3.76. The van der Waals surface area contributed by atoms with Gasteiger partial charge in [0.15, 0.2) is 0 Å². The summed E-state index contributed by atoms with van der Waals surface area (Å²) >= 11 is 5.61. The Kier molecular flexibility index (Phi) is 4.56. The monoisotopic (exact) mass is 350 g/mol. The van der Waals surface area contributed by atoms with Gasteiger partial charge in [0.1, 0.15) is 0 Å². The van der Waals surface area contributed by atoms with Gasteiger partial charge in [-0.15, -0.1) is 11.3 Å². The number of benzene rings is 1. The largest absolute Gasteiger partial charge is 0.314 e. The average Bonchev–Trinajstić information content (AvgIpc) is 2.97. The maximum Gasteiger partial charge on any atom is 0.0707 e. The minimum absolute atomic E-state index is 0.368. The van der Waals surface area contributed by atoms with Crippen molar-refractivity contribution in [3.63, 3.8) is 0 Å². The highest BCUT2D eigenvalue weighted by Crippen LogP contribution is 2.36. The summed E-state index contributed by atoms with van der Waals surface area (Å²) in [5.41, 5.74) is 2.67. The van der Waals surface area contributed by atoms with E-state index in [1.807, 2.05) is 11.3 Å². The second-order valence-electron chi connectivity index (χ2n) is 5.23. The number of hydrogen-bond donors (Lipinski definition) is 1. The van der Waals surface area contributed by atoms with Gasteiger partial charge in [0.05, 0.1) is 6.04 Å². The van der Waals surface area contributed by atoms with Gasteiger partial charge in [-0.05, 0) is 35.6 Å². The summed E-state index contributed by atoms with van der Waals surface area (Å²) in [6, 6.07) is 11.5. The predicted molar refractivity (Wildman–Crippen MR) is 89.5 cm³/mol. The van der Waals surface area contributed by atoms with E-state index in [4.69, 9.17) is 0 Å². The molecule has 0 amide bonds. The van der Waals surface area contributed by atoms with Gasteiger partial charge in [-0.1, -0.05) is 34.1 Å². The third kappa shape index (κ3) is 2.98. The van der Waals surface area contributed by atoms with E-state index >= 15 is 0 Å². The number of nitrogens with one attached hydrogen (secondary N) is 1. The summed E-state index contributed by atoms with van der Waals surface area (Å²) in [5, 5.41) is 5.61. The third-order valence-corrected chi connectivity index (χ3v) is 5.39. The molecule has 0 aliphatic carbocycles. The Hall–Kier alpha value is -0.680. The lowest BCUT2D eigenvalue weighted by atomic mass is 10.0. The van der Waals surface area contributed by atoms with Crippen molar-refractivity contribution in [2.75, 3.05) is 26.2 Å². The normalized spacial score (nSPS) is 18.1. The Morgan fingerprint density at radius 1 is 1.25 bits per heavy atom. The first-order chi connectivity index (χ1) is 9.75. The highest BCUT2D eigenvalue weighted by atomic mass is 79.9. The van der Waals surface area contributed by atoms with Crippen LogP contribution in [-0.4, -0.2) is 31.1 Å². The van der Waals surface area contributed by atoms with Gasteiger partial charge < -0.3 is 5.32 Å². The zero-order valence-corrected chi connectivity index (χ0v) is 14.0. The summed E-state index contributed by atoms with van der Waals surface area (Å²) in [7, 11) is 0. The molecule has 0 bridgehead atoms. The Morgan fingerprint density at radius 2 is 2.05 bits per heavy atom. The minimum Gasteiger partial charge on any atom is -0.314 e. The first-order valence-corrected chi connectivity index (χ1v) is 8.67. The molecule has 0 saturated carbocycles. The van der Waals surface area contributed by atoms with Crippen LogP contribution in [0.1, 0.15) is 22.0 Å². The molecule has 0 spiro atoms. The van der Waals surface area contributed by atoms with Crippen LogP contribution in [0.5, 0.6) is 0 Å². The van der Waals surface area contributed by atoms with E-state index in [9.17, 15) is 0 Å². The fourth-order valence-electron chi connectivity index (χ4n) is 2.77. The fraction of sp³-hybridized carbons (Fsp3) is 0.375. The molecule has 20 heavy (non-hydrogen) atoms. The Bertz CT molecular complexity index is 562. The van der Waals surface area contributed by atoms with Gasteiger partial charge in [0.2, 0.25) is 0 Å². The van der Waals surface area contributed by atoms with E-state index in [1.165, 1.54) is 20.5 Å². The van der Waals surface area contributed by atoms with E-state index in [0.29, 0.717) is 6.04 Å². The van der Waals surface area contributed by atoms with Gasteiger partial charge in [0, 0.05) is 35.5 Å². The smallest absolute Gasteiger partial charge is 0.0707 e. The number of nitrogens with zero attached hydrogens (tertiary/aromatic N) is 1. The van der Waals surface area contributed by atoms with Crippen LogP contribution >= 0.6 is 27.3 Å². The fourth-order valence-corrected chi connectivity index (χ4v) is 4.36. The van der Waals surface area contributed by atoms with Crippen LogP contribution in [0.3, 0.4) is 0 Å². The van der Waals surface area contributed by atoms with Gasteiger partial charge in [-0.3, -0.25) is 4.90 Å². The van der Waals surface area contributed by atoms with Crippen LogP contribution in [0.15, 0.2) is 40.2 Å². The number of halogens is 1. The van der Waals surface area contributed by atoms with Crippen LogP contribution in [0.4, 0.5) is 0 Å². The molecule has 1 saturated heterocycles. The number of hydrogen-bond acceptors (Lipinski definition) is 3. The average molecular weight is 351 g/mol. The quantitative estimate of drug-likeness (QED) is 0.905. The van der Waals surface area contributed by atoms with Gasteiger partial charge >= 0.3 is 0 Å². The van der Waals surface area contributed by atoms with E-state index in [1.54, 1.807) is 0 Å². The number of piperazine rings is 1. The van der Waals surface area contributed by atoms with Crippen molar-refractivity contribution in [1.82, 2.24) is 10.2 Å². The van der Waals surface area contributed by atoms with Crippen LogP contribution in [0.2, 0.25) is 0 Å². The molecule has 1 aliphatic heterocycles. The zero-order valence-electron chi connectivity index (χ0n) is 11.6. The maximum atomic E-state index is 3.76. The summed E-state index contributed by atoms with van der Waals surface area (Å²) in [5.74, 6) is 0. The molecule has 1 aliphatic rings. The summed E-state index contributed by atoms with van der Waals surface area (Å²) in [6.45, 7) is 6.49. The summed E-state index contributed by atoms with van der Waals surface area (Å²) < 4.78 is 1.22. The highest BCUT2D eigenvalue weighted by molar-refractivity contribution is 9.10. The molecular weight excluding hydrogens is 332 g/mol. The Morgan fingerprint density at radius 3 is 2.70 bits per heavy atom. The molecule has 0 radical (unpaired) electrons. The van der Waals surface area contributed by atoms with Crippen LogP contribution in [0.25, 0.3) is 0 Å². The Labute approximate surface area is 132 Å². The molecule has 1 fully saturated rings. The molecule has 4 heteroatoms. The molecule has 1 aromatic carbocycles. The lowest BCUT2D eigenvalue weighted by Crippen LogP contribution is -2.45. The van der Waals surface area contributed by atoms with Crippen molar-refractivity contribution in [2.24, 2.45) is 0 Å². The lowest BCUT2D eigenvalue weighted by Gasteiger charge is -2.35. The standard InChI is InChI=1S/C16H19BrN2S/c1-12-4-5-13(14(17)11-12)16(15-3-2-10-20-15)19-8-6-18-7-9-19/h2-5,10-11,16,18H,6-9H2,1H3/t16-/m1/s1. The van der Waals surface area contributed by atoms with E-state index in [0.717, 1.165) is 26.2 Å². The second kappa shape index (κ2) is 6.39. The van der Waals surface area contributed by atoms with Gasteiger partial charge in [0.25, 0.3) is 0 Å². The zero-order chi connectivity index (χ0) is 13.9. The topological polar surface area (TPSA) is 15.3 Å². The van der Waals surface area contributed by atoms with Crippen molar-refractivity contribution < 1.29 is 0 Å². The Balaban J connectivity index is 2.00. The highest BCUT2D eigenvalue weighted by Gasteiger charge is 2.26. The van der Waals surface area contributed by atoms with Crippen LogP contribution < -0.4 is 5.32 Å². The van der Waals surface area contributed by atoms with Crippen molar-refractivity contribution in [3.8, 4) is 0 Å². The molecule has 2 aromatic rings. The van der Waals surface area contributed by atoms with E-state index < -0.39 is 0 Å². The van der Waals surface area contributed by atoms with Crippen molar-refractivity contribution >= 4 is 27.3 Å². The molecule has 1 atom stereocenters. The molecule has 3 rings (SSSR count). The number of aryl methyl sites for hydroxylation is 1. The van der Waals surface area contributed by atoms with Crippen molar-refractivity contribution in [2.45, 2.75) is 13.0 Å². The van der Waals surface area contributed by atoms with Crippen molar-refractivity contribution in [1.29, 1.82) is 0 Å². The first-order valence-electron chi connectivity index (χ1n) is 7.00. The van der Waals surface area contributed by atoms with E-state index in [2.05, 4.69) is 68.8 Å². The van der Waals surface area contributed by atoms with Crippen molar-refractivity contribution in [3.05, 3.63) is 56.2 Å². The predicted octanol–water partition coefficient (Wildman–Crippen LogP) is 3.81. The third-order valence-electron chi connectivity index (χ3n) is 3.78. The molecule has 1 aromatic heterocycles. The van der Waals surface area contributed by atoms with E-state index in [-0.39, 0.29) is 0 Å². The van der Waals surface area contributed by atoms with Crippen LogP contribution in [0, 0.1) is 6.92 Å². The van der Waals surface area contributed by atoms with Crippen LogP contribution in [-0.2, 0) is 0 Å². The summed E-state index contributed by atoms with van der Waals surface area (Å²) in [4.78, 5) is 4.01. The molecular formula is C16H19BrN2S. The molecule has 2 nitrogen and oxygen atoms in total. The molecule has 106 valence electrons. The second-order valence-corrected chi connectivity index (χ2v) is 7.06. The van der Waals surface area contributed by atoms with Gasteiger partial charge in [-0.2, -0.15) is 0 Å². The lowest BCUT2D eigenvalue weighted by molar-refractivity contribution is 0.200. The minimum atomic E-state index is 0.368. The molecule has 0 unspecified atom stereocenters. The number of thiophene rings is 1.